The molecular formula is C19H22F3N5O4. The smallest absolute Gasteiger partial charge is 0.475 e. The summed E-state index contributed by atoms with van der Waals surface area (Å²) >= 11 is 0. The maximum Gasteiger partial charge on any atom is 0.490 e. The number of aromatic amines is 1. The largest absolute Gasteiger partial charge is 0.490 e. The number of nitrogens with one attached hydrogen (secondary N) is 2. The number of hydrogen-bond acceptors (Lipinski definition) is 5. The molecule has 12 heteroatoms. The van der Waals surface area contributed by atoms with Crippen LogP contribution in [-0.2, 0) is 35.8 Å². The Balaban J connectivity index is 0.000000339. The second-order valence-electron chi connectivity index (χ2n) is 7.27. The van der Waals surface area contributed by atoms with E-state index in [9.17, 15) is 18.0 Å². The SMILES string of the molecule is Cc1cccc(COCc2n[nH]c3c2CN(C(=O)NC2CC2)C3)n1.O=C(O)C(F)(F)F. The van der Waals surface area contributed by atoms with Crippen molar-refractivity contribution in [2.24, 2.45) is 0 Å². The Kier molecular flexibility index (Phi) is 6.78. The number of rotatable bonds is 5. The van der Waals surface area contributed by atoms with Crippen molar-refractivity contribution < 1.29 is 32.6 Å². The van der Waals surface area contributed by atoms with E-state index in [1.54, 1.807) is 0 Å². The lowest BCUT2D eigenvalue weighted by Crippen LogP contribution is -2.37. The summed E-state index contributed by atoms with van der Waals surface area (Å²) in [6, 6.07) is 6.28. The Hall–Kier alpha value is -3.15. The van der Waals surface area contributed by atoms with Gasteiger partial charge in [0.2, 0.25) is 0 Å². The van der Waals surface area contributed by atoms with E-state index in [4.69, 9.17) is 14.6 Å². The highest BCUT2D eigenvalue weighted by Gasteiger charge is 2.38. The van der Waals surface area contributed by atoms with Crippen LogP contribution in [-0.4, -0.2) is 49.4 Å². The molecule has 0 saturated heterocycles. The molecule has 2 aromatic heterocycles. The van der Waals surface area contributed by atoms with Crippen LogP contribution in [0.3, 0.4) is 0 Å². The van der Waals surface area contributed by atoms with Gasteiger partial charge in [0.25, 0.3) is 0 Å². The van der Waals surface area contributed by atoms with Crippen LogP contribution in [0, 0.1) is 6.92 Å². The van der Waals surface area contributed by atoms with Gasteiger partial charge in [-0.1, -0.05) is 6.07 Å². The third-order valence-electron chi connectivity index (χ3n) is 4.61. The van der Waals surface area contributed by atoms with E-state index in [0.717, 1.165) is 41.2 Å². The molecule has 9 nitrogen and oxygen atoms in total. The van der Waals surface area contributed by atoms with Crippen molar-refractivity contribution >= 4 is 12.0 Å². The van der Waals surface area contributed by atoms with Gasteiger partial charge in [0.15, 0.2) is 0 Å². The van der Waals surface area contributed by atoms with E-state index in [-0.39, 0.29) is 6.03 Å². The van der Waals surface area contributed by atoms with Crippen LogP contribution in [0.15, 0.2) is 18.2 Å². The Morgan fingerprint density at radius 1 is 1.29 bits per heavy atom. The van der Waals surface area contributed by atoms with Crippen LogP contribution in [0.5, 0.6) is 0 Å². The summed E-state index contributed by atoms with van der Waals surface area (Å²) in [7, 11) is 0. The first-order valence-electron chi connectivity index (χ1n) is 9.54. The number of carboxylic acid groups (broad SMARTS) is 1. The Bertz CT molecular complexity index is 943. The number of urea groups is 1. The summed E-state index contributed by atoms with van der Waals surface area (Å²) in [4.78, 5) is 27.3. The van der Waals surface area contributed by atoms with Crippen molar-refractivity contribution in [3.63, 3.8) is 0 Å². The zero-order chi connectivity index (χ0) is 22.6. The van der Waals surface area contributed by atoms with Gasteiger partial charge in [-0.05, 0) is 31.9 Å². The van der Waals surface area contributed by atoms with E-state index >= 15 is 0 Å². The summed E-state index contributed by atoms with van der Waals surface area (Å²) in [5, 5.41) is 17.5. The number of H-pyrrole nitrogens is 1. The average molecular weight is 441 g/mol. The first-order valence-corrected chi connectivity index (χ1v) is 9.54. The topological polar surface area (TPSA) is 120 Å². The highest BCUT2D eigenvalue weighted by Crippen LogP contribution is 2.26. The minimum atomic E-state index is -5.08. The van der Waals surface area contributed by atoms with Crippen molar-refractivity contribution in [1.29, 1.82) is 0 Å². The number of alkyl halides is 3. The lowest BCUT2D eigenvalue weighted by atomic mass is 10.2. The molecule has 0 radical (unpaired) electrons. The molecule has 2 aromatic rings. The maximum atomic E-state index is 12.1. The highest BCUT2D eigenvalue weighted by atomic mass is 19.4. The van der Waals surface area contributed by atoms with Gasteiger partial charge in [0.05, 0.1) is 43.4 Å². The third kappa shape index (κ3) is 6.41. The number of aromatic nitrogens is 3. The number of ether oxygens (including phenoxy) is 1. The zero-order valence-corrected chi connectivity index (χ0v) is 16.7. The average Bonchev–Trinajstić information content (AvgIpc) is 3.27. The van der Waals surface area contributed by atoms with Crippen molar-refractivity contribution in [3.05, 3.63) is 46.5 Å². The molecule has 1 saturated carbocycles. The summed E-state index contributed by atoms with van der Waals surface area (Å²) in [6.07, 6.45) is -2.89. The molecule has 2 amide bonds. The molecule has 0 atom stereocenters. The molecule has 4 rings (SSSR count). The van der Waals surface area contributed by atoms with Gasteiger partial charge in [-0.2, -0.15) is 18.3 Å². The molecule has 1 fully saturated rings. The zero-order valence-electron chi connectivity index (χ0n) is 16.7. The van der Waals surface area contributed by atoms with E-state index in [0.29, 0.717) is 32.3 Å². The van der Waals surface area contributed by atoms with Crippen LogP contribution >= 0.6 is 0 Å². The number of halogens is 3. The highest BCUT2D eigenvalue weighted by molar-refractivity contribution is 5.75. The number of carbonyl (C=O) groups is 2. The number of aliphatic carboxylic acids is 1. The fourth-order valence-electron chi connectivity index (χ4n) is 2.89. The number of pyridine rings is 1. The van der Waals surface area contributed by atoms with E-state index in [2.05, 4.69) is 20.5 Å². The van der Waals surface area contributed by atoms with Gasteiger partial charge in [0.1, 0.15) is 0 Å². The predicted molar refractivity (Wildman–Crippen MR) is 101 cm³/mol. The maximum absolute atomic E-state index is 12.1. The van der Waals surface area contributed by atoms with Crippen molar-refractivity contribution in [3.8, 4) is 0 Å². The first kappa shape index (κ1) is 22.5. The Morgan fingerprint density at radius 3 is 2.61 bits per heavy atom. The molecule has 0 aromatic carbocycles. The number of nitrogens with zero attached hydrogens (tertiary/aromatic N) is 3. The van der Waals surface area contributed by atoms with Crippen LogP contribution < -0.4 is 5.32 Å². The number of carboxylic acids is 1. The second-order valence-corrected chi connectivity index (χ2v) is 7.27. The van der Waals surface area contributed by atoms with Crippen molar-refractivity contribution in [1.82, 2.24) is 25.4 Å². The predicted octanol–water partition coefficient (Wildman–Crippen LogP) is 2.65. The number of carbonyl (C=O) groups excluding carboxylic acids is 1. The molecule has 0 unspecified atom stereocenters. The molecular weight excluding hydrogens is 419 g/mol. The van der Waals surface area contributed by atoms with Gasteiger partial charge in [-0.3, -0.25) is 10.1 Å². The molecule has 168 valence electrons. The Labute approximate surface area is 175 Å². The van der Waals surface area contributed by atoms with E-state index < -0.39 is 12.1 Å². The number of fused-ring (bicyclic) bond motifs is 1. The van der Waals surface area contributed by atoms with Crippen LogP contribution in [0.1, 0.15) is 41.2 Å². The fourth-order valence-corrected chi connectivity index (χ4v) is 2.89. The van der Waals surface area contributed by atoms with E-state index in [1.807, 2.05) is 30.0 Å². The lowest BCUT2D eigenvalue weighted by molar-refractivity contribution is -0.192. The fraction of sp³-hybridized carbons (Fsp3) is 0.474. The third-order valence-corrected chi connectivity index (χ3v) is 4.61. The van der Waals surface area contributed by atoms with Gasteiger partial charge >= 0.3 is 18.2 Å². The minimum absolute atomic E-state index is 0.0120. The van der Waals surface area contributed by atoms with E-state index in [1.165, 1.54) is 0 Å². The van der Waals surface area contributed by atoms with Gasteiger partial charge < -0.3 is 20.1 Å². The molecule has 2 aliphatic rings. The van der Waals surface area contributed by atoms with Crippen LogP contribution in [0.4, 0.5) is 18.0 Å². The molecule has 31 heavy (non-hydrogen) atoms. The van der Waals surface area contributed by atoms with Gasteiger partial charge in [-0.15, -0.1) is 0 Å². The van der Waals surface area contributed by atoms with Crippen molar-refractivity contribution in [2.75, 3.05) is 0 Å². The van der Waals surface area contributed by atoms with Gasteiger partial charge in [0, 0.05) is 17.3 Å². The monoisotopic (exact) mass is 441 g/mol. The molecule has 0 bridgehead atoms. The van der Waals surface area contributed by atoms with Crippen molar-refractivity contribution in [2.45, 2.75) is 58.3 Å². The number of amides is 2. The summed E-state index contributed by atoms with van der Waals surface area (Å²) in [5.74, 6) is -2.76. The lowest BCUT2D eigenvalue weighted by Gasteiger charge is -2.16. The molecule has 3 N–H and O–H groups in total. The molecule has 0 spiro atoms. The molecule has 1 aliphatic carbocycles. The molecule has 3 heterocycles. The number of hydrogen-bond donors (Lipinski definition) is 3. The quantitative estimate of drug-likeness (QED) is 0.656. The normalized spacial score (nSPS) is 15.2. The van der Waals surface area contributed by atoms with Crippen LogP contribution in [0.25, 0.3) is 0 Å². The second kappa shape index (κ2) is 9.33. The summed E-state index contributed by atoms with van der Waals surface area (Å²) in [5.41, 5.74) is 4.85. The first-order chi connectivity index (χ1) is 14.6. The standard InChI is InChI=1S/C17H21N5O2.C2HF3O2/c1-11-3-2-4-13(18-11)9-24-10-16-14-7-22(8-15(14)20-21-16)17(23)19-12-5-6-12;3-2(4,5)1(6)7/h2-4,12H,5-10H2,1H3,(H,19,23)(H,20,21);(H,6,7). The van der Waals surface area contributed by atoms with Crippen LogP contribution in [0.2, 0.25) is 0 Å². The molecule has 1 aliphatic heterocycles. The number of aryl methyl sites for hydroxylation is 1. The van der Waals surface area contributed by atoms with Gasteiger partial charge in [-0.25, -0.2) is 9.59 Å². The summed E-state index contributed by atoms with van der Waals surface area (Å²) < 4.78 is 37.5. The Morgan fingerprint density at radius 2 is 2.00 bits per heavy atom. The minimum Gasteiger partial charge on any atom is -0.475 e. The summed E-state index contributed by atoms with van der Waals surface area (Å²) in [6.45, 7) is 4.01.